The summed E-state index contributed by atoms with van der Waals surface area (Å²) in [6.07, 6.45) is 2.69. The van der Waals surface area contributed by atoms with Gasteiger partial charge in [-0.1, -0.05) is 44.2 Å². The Bertz CT molecular complexity index is 1470. The van der Waals surface area contributed by atoms with Gasteiger partial charge in [0, 0.05) is 31.6 Å². The van der Waals surface area contributed by atoms with E-state index < -0.39 is 24.0 Å². The Morgan fingerprint density at radius 3 is 2.43 bits per heavy atom. The molecule has 0 fully saturated rings. The zero-order valence-electron chi connectivity index (χ0n) is 21.4. The standard InChI is InChI=1S/C28H30F2N4O3/c1-17(2)25(32-27(36)28(4,29)30)26(19-9-7-6-8-10-19)37-23-14-20-15-31-34(22(20)13-18(23)3)21-11-12-24(35)33(5)16-21/h6-17,25-26H,1-5H3,(H,32,36)/t25?,26-/m1/s1. The van der Waals surface area contributed by atoms with Crippen LogP contribution < -0.4 is 15.6 Å². The number of hydrogen-bond donors (Lipinski definition) is 1. The van der Waals surface area contributed by atoms with Crippen LogP contribution in [0.2, 0.25) is 0 Å². The van der Waals surface area contributed by atoms with Crippen LogP contribution in [0.5, 0.6) is 5.75 Å². The highest BCUT2D eigenvalue weighted by atomic mass is 19.3. The number of aryl methyl sites for hydroxylation is 2. The molecule has 4 aromatic rings. The van der Waals surface area contributed by atoms with Gasteiger partial charge in [0.1, 0.15) is 11.9 Å². The van der Waals surface area contributed by atoms with Gasteiger partial charge in [-0.2, -0.15) is 13.9 Å². The highest BCUT2D eigenvalue weighted by Gasteiger charge is 2.38. The zero-order chi connectivity index (χ0) is 26.9. The number of pyridine rings is 1. The number of amides is 1. The first-order chi connectivity index (χ1) is 17.5. The highest BCUT2D eigenvalue weighted by molar-refractivity contribution is 5.84. The van der Waals surface area contributed by atoms with Crippen molar-refractivity contribution in [1.29, 1.82) is 0 Å². The monoisotopic (exact) mass is 508 g/mol. The van der Waals surface area contributed by atoms with Crippen molar-refractivity contribution in [3.8, 4) is 11.4 Å². The van der Waals surface area contributed by atoms with Crippen molar-refractivity contribution in [3.05, 3.63) is 88.5 Å². The molecule has 2 aromatic carbocycles. The van der Waals surface area contributed by atoms with Crippen molar-refractivity contribution >= 4 is 16.8 Å². The number of carbonyl (C=O) groups excluding carboxylic acids is 1. The molecule has 9 heteroatoms. The fourth-order valence-electron chi connectivity index (χ4n) is 4.19. The average Bonchev–Trinajstić information content (AvgIpc) is 3.25. The number of alkyl halides is 2. The SMILES string of the molecule is Cc1cc2c(cnn2-c2ccc(=O)n(C)c2)cc1O[C@H](c1ccccc1)C(NC(=O)C(C)(F)F)C(C)C. The van der Waals surface area contributed by atoms with Crippen molar-refractivity contribution in [2.45, 2.75) is 45.8 Å². The van der Waals surface area contributed by atoms with Gasteiger partial charge in [-0.15, -0.1) is 0 Å². The quantitative estimate of drug-likeness (QED) is 0.365. The molecule has 0 aliphatic heterocycles. The third-order valence-electron chi connectivity index (χ3n) is 6.30. The van der Waals surface area contributed by atoms with Crippen LogP contribution in [-0.4, -0.2) is 32.2 Å². The Morgan fingerprint density at radius 2 is 1.81 bits per heavy atom. The van der Waals surface area contributed by atoms with Gasteiger partial charge in [0.15, 0.2) is 0 Å². The predicted molar refractivity (Wildman–Crippen MR) is 138 cm³/mol. The Hall–Kier alpha value is -4.01. The number of nitrogens with zero attached hydrogens (tertiary/aromatic N) is 3. The summed E-state index contributed by atoms with van der Waals surface area (Å²) in [5.74, 6) is -4.52. The van der Waals surface area contributed by atoms with Gasteiger partial charge in [0.25, 0.3) is 5.91 Å². The second-order valence-corrected chi connectivity index (χ2v) is 9.65. The number of fused-ring (bicyclic) bond motifs is 1. The molecule has 0 aliphatic rings. The summed E-state index contributed by atoms with van der Waals surface area (Å²) in [5, 5.41) is 7.80. The molecule has 194 valence electrons. The van der Waals surface area contributed by atoms with E-state index in [1.807, 2.05) is 63.2 Å². The number of carbonyl (C=O) groups is 1. The number of hydrogen-bond acceptors (Lipinski definition) is 4. The Balaban J connectivity index is 1.74. The van der Waals surface area contributed by atoms with E-state index in [1.54, 1.807) is 30.2 Å². The van der Waals surface area contributed by atoms with Crippen LogP contribution >= 0.6 is 0 Å². The summed E-state index contributed by atoms with van der Waals surface area (Å²) >= 11 is 0. The molecule has 2 aromatic heterocycles. The van der Waals surface area contributed by atoms with Gasteiger partial charge in [-0.05, 0) is 42.2 Å². The van der Waals surface area contributed by atoms with Crippen LogP contribution in [0.25, 0.3) is 16.6 Å². The zero-order valence-corrected chi connectivity index (χ0v) is 21.4. The molecule has 0 bridgehead atoms. The fraction of sp³-hybridized carbons (Fsp3) is 0.321. The second kappa shape index (κ2) is 10.2. The first-order valence-electron chi connectivity index (χ1n) is 12.0. The third-order valence-corrected chi connectivity index (χ3v) is 6.30. The molecule has 0 saturated carbocycles. The maximum atomic E-state index is 13.8. The van der Waals surface area contributed by atoms with E-state index in [0.29, 0.717) is 12.7 Å². The lowest BCUT2D eigenvalue weighted by molar-refractivity contribution is -0.145. The van der Waals surface area contributed by atoms with Crippen LogP contribution in [-0.2, 0) is 11.8 Å². The van der Waals surface area contributed by atoms with Gasteiger partial charge in [-0.25, -0.2) is 4.68 Å². The van der Waals surface area contributed by atoms with Crippen LogP contribution in [0.1, 0.15) is 38.0 Å². The molecule has 2 heterocycles. The van der Waals surface area contributed by atoms with Crippen LogP contribution in [0, 0.1) is 12.8 Å². The normalized spacial score (nSPS) is 13.5. The minimum absolute atomic E-state index is 0.119. The van der Waals surface area contributed by atoms with Crippen LogP contribution in [0.15, 0.2) is 71.8 Å². The van der Waals surface area contributed by atoms with Crippen molar-refractivity contribution in [2.75, 3.05) is 0 Å². The Kier molecular flexibility index (Phi) is 7.16. The number of ether oxygens (including phenoxy) is 1. The van der Waals surface area contributed by atoms with E-state index in [4.69, 9.17) is 4.74 Å². The van der Waals surface area contributed by atoms with E-state index in [-0.39, 0.29) is 11.5 Å². The molecule has 1 N–H and O–H groups in total. The number of halogens is 2. The van der Waals surface area contributed by atoms with Gasteiger partial charge in [-0.3, -0.25) is 9.59 Å². The lowest BCUT2D eigenvalue weighted by Gasteiger charge is -2.33. The van der Waals surface area contributed by atoms with E-state index in [0.717, 1.165) is 27.7 Å². The van der Waals surface area contributed by atoms with E-state index >= 15 is 0 Å². The van der Waals surface area contributed by atoms with Crippen molar-refractivity contribution in [1.82, 2.24) is 19.7 Å². The van der Waals surface area contributed by atoms with Crippen molar-refractivity contribution in [2.24, 2.45) is 13.0 Å². The summed E-state index contributed by atoms with van der Waals surface area (Å²) in [4.78, 5) is 24.0. The molecular weight excluding hydrogens is 478 g/mol. The average molecular weight is 509 g/mol. The van der Waals surface area contributed by atoms with Gasteiger partial charge >= 0.3 is 5.92 Å². The topological polar surface area (TPSA) is 78.2 Å². The first-order valence-corrected chi connectivity index (χ1v) is 12.0. The molecule has 0 aliphatic carbocycles. The number of benzene rings is 2. The summed E-state index contributed by atoms with van der Waals surface area (Å²) in [5.41, 5.74) is 2.98. The maximum Gasteiger partial charge on any atom is 0.321 e. The third kappa shape index (κ3) is 5.55. The van der Waals surface area contributed by atoms with E-state index in [1.165, 1.54) is 10.6 Å². The molecule has 0 saturated heterocycles. The van der Waals surface area contributed by atoms with Crippen molar-refractivity contribution < 1.29 is 18.3 Å². The Labute approximate surface area is 213 Å². The summed E-state index contributed by atoms with van der Waals surface area (Å²) < 4.78 is 37.3. The summed E-state index contributed by atoms with van der Waals surface area (Å²) in [6.45, 7) is 6.17. The van der Waals surface area contributed by atoms with Crippen LogP contribution in [0.3, 0.4) is 0 Å². The number of nitrogens with one attached hydrogen (secondary N) is 1. The van der Waals surface area contributed by atoms with Gasteiger partial charge < -0.3 is 14.6 Å². The summed E-state index contributed by atoms with van der Waals surface area (Å²) in [6, 6.07) is 15.5. The van der Waals surface area contributed by atoms with E-state index in [2.05, 4.69) is 10.4 Å². The molecule has 1 unspecified atom stereocenters. The summed E-state index contributed by atoms with van der Waals surface area (Å²) in [7, 11) is 1.68. The molecule has 37 heavy (non-hydrogen) atoms. The first kappa shape index (κ1) is 26.1. The number of aromatic nitrogens is 3. The van der Waals surface area contributed by atoms with Gasteiger partial charge in [0.2, 0.25) is 5.56 Å². The lowest BCUT2D eigenvalue weighted by Crippen LogP contribution is -2.49. The molecule has 4 rings (SSSR count). The van der Waals surface area contributed by atoms with Crippen LogP contribution in [0.4, 0.5) is 8.78 Å². The van der Waals surface area contributed by atoms with E-state index in [9.17, 15) is 18.4 Å². The highest BCUT2D eigenvalue weighted by Crippen LogP contribution is 2.34. The lowest BCUT2D eigenvalue weighted by atomic mass is 9.92. The van der Waals surface area contributed by atoms with Gasteiger partial charge in [0.05, 0.1) is 23.4 Å². The predicted octanol–water partition coefficient (Wildman–Crippen LogP) is 4.95. The minimum atomic E-state index is -3.52. The molecule has 1 amide bonds. The largest absolute Gasteiger partial charge is 0.483 e. The molecule has 0 spiro atoms. The fourth-order valence-corrected chi connectivity index (χ4v) is 4.19. The Morgan fingerprint density at radius 1 is 1.11 bits per heavy atom. The smallest absolute Gasteiger partial charge is 0.321 e. The second-order valence-electron chi connectivity index (χ2n) is 9.65. The molecule has 7 nitrogen and oxygen atoms in total. The number of rotatable bonds is 8. The molecular formula is C28H30F2N4O3. The molecule has 0 radical (unpaired) electrons. The molecule has 2 atom stereocenters. The van der Waals surface area contributed by atoms with Crippen molar-refractivity contribution in [3.63, 3.8) is 0 Å². The maximum absolute atomic E-state index is 13.8. The minimum Gasteiger partial charge on any atom is -0.483 e.